The third kappa shape index (κ3) is 4.07. The molecule has 1 aromatic carbocycles. The zero-order chi connectivity index (χ0) is 19.5. The number of hydrogen-bond acceptors (Lipinski definition) is 6. The summed E-state index contributed by atoms with van der Waals surface area (Å²) in [4.78, 5) is 33.9. The number of phenolic OH excluding ortho intramolecular Hbond substituents is 1. The van der Waals surface area contributed by atoms with Gasteiger partial charge in [-0.15, -0.1) is 11.3 Å². The predicted molar refractivity (Wildman–Crippen MR) is 108 cm³/mol. The van der Waals surface area contributed by atoms with E-state index in [2.05, 4.69) is 9.88 Å². The number of aromatic nitrogens is 2. The molecule has 0 spiro atoms. The normalized spacial score (nSPS) is 15.2. The number of piperazine rings is 1. The van der Waals surface area contributed by atoms with Crippen LogP contribution in [0.25, 0.3) is 4.96 Å². The molecule has 0 radical (unpaired) electrons. The number of carbonyl (C=O) groups excluding carboxylic acids is 1. The molecule has 4 rings (SSSR count). The zero-order valence-corrected chi connectivity index (χ0v) is 16.3. The highest BCUT2D eigenvalue weighted by molar-refractivity contribution is 7.15. The molecule has 7 nitrogen and oxygen atoms in total. The van der Waals surface area contributed by atoms with Crippen LogP contribution in [-0.4, -0.2) is 56.4 Å². The Kier molecular flexibility index (Phi) is 5.40. The van der Waals surface area contributed by atoms with Crippen molar-refractivity contribution in [1.29, 1.82) is 0 Å². The number of amides is 1. The first-order valence-corrected chi connectivity index (χ1v) is 10.2. The Labute approximate surface area is 166 Å². The van der Waals surface area contributed by atoms with Crippen molar-refractivity contribution in [2.75, 3.05) is 26.2 Å². The fraction of sp³-hybridized carbons (Fsp3) is 0.350. The molecule has 1 amide bonds. The van der Waals surface area contributed by atoms with Crippen LogP contribution in [0.3, 0.4) is 0 Å². The second-order valence-corrected chi connectivity index (χ2v) is 7.80. The summed E-state index contributed by atoms with van der Waals surface area (Å²) in [6, 6.07) is 8.72. The van der Waals surface area contributed by atoms with E-state index >= 15 is 0 Å². The van der Waals surface area contributed by atoms with Gasteiger partial charge < -0.3 is 10.0 Å². The first kappa shape index (κ1) is 18.6. The van der Waals surface area contributed by atoms with Crippen molar-refractivity contribution in [3.8, 4) is 5.75 Å². The molecule has 1 aliphatic heterocycles. The number of para-hydroxylation sites is 1. The van der Waals surface area contributed by atoms with Gasteiger partial charge in [-0.05, 0) is 18.1 Å². The van der Waals surface area contributed by atoms with Crippen molar-refractivity contribution in [2.24, 2.45) is 0 Å². The second-order valence-electron chi connectivity index (χ2n) is 6.93. The van der Waals surface area contributed by atoms with Gasteiger partial charge >= 0.3 is 0 Å². The average Bonchev–Trinajstić information content (AvgIpc) is 3.17. The molecule has 8 heteroatoms. The highest BCUT2D eigenvalue weighted by Crippen LogP contribution is 2.18. The van der Waals surface area contributed by atoms with E-state index in [-0.39, 0.29) is 17.2 Å². The van der Waals surface area contributed by atoms with Gasteiger partial charge in [0.1, 0.15) is 5.75 Å². The van der Waals surface area contributed by atoms with E-state index in [4.69, 9.17) is 0 Å². The van der Waals surface area contributed by atoms with Crippen molar-refractivity contribution in [2.45, 2.75) is 19.4 Å². The van der Waals surface area contributed by atoms with Crippen molar-refractivity contribution in [1.82, 2.24) is 19.2 Å². The van der Waals surface area contributed by atoms with Crippen LogP contribution in [0.4, 0.5) is 0 Å². The number of phenols is 1. The van der Waals surface area contributed by atoms with Gasteiger partial charge in [-0.25, -0.2) is 4.98 Å². The van der Waals surface area contributed by atoms with Crippen molar-refractivity contribution in [3.05, 3.63) is 63.5 Å². The van der Waals surface area contributed by atoms with Crippen LogP contribution in [0.5, 0.6) is 5.75 Å². The van der Waals surface area contributed by atoms with E-state index in [1.165, 1.54) is 11.3 Å². The van der Waals surface area contributed by atoms with E-state index in [0.29, 0.717) is 37.4 Å². The lowest BCUT2D eigenvalue weighted by Crippen LogP contribution is -2.48. The van der Waals surface area contributed by atoms with E-state index in [0.717, 1.165) is 24.3 Å². The monoisotopic (exact) mass is 398 g/mol. The van der Waals surface area contributed by atoms with E-state index < -0.39 is 0 Å². The average molecular weight is 398 g/mol. The molecule has 28 heavy (non-hydrogen) atoms. The lowest BCUT2D eigenvalue weighted by molar-refractivity contribution is -0.133. The summed E-state index contributed by atoms with van der Waals surface area (Å²) in [7, 11) is 0. The predicted octanol–water partition coefficient (Wildman–Crippen LogP) is 1.74. The molecule has 0 saturated carbocycles. The first-order chi connectivity index (χ1) is 13.6. The van der Waals surface area contributed by atoms with Crippen molar-refractivity contribution >= 4 is 22.2 Å². The van der Waals surface area contributed by atoms with Gasteiger partial charge in [0, 0.05) is 56.8 Å². The fourth-order valence-corrected chi connectivity index (χ4v) is 4.21. The first-order valence-electron chi connectivity index (χ1n) is 9.33. The summed E-state index contributed by atoms with van der Waals surface area (Å²) in [6.45, 7) is 3.46. The maximum atomic E-state index is 12.5. The van der Waals surface area contributed by atoms with Crippen LogP contribution < -0.4 is 5.56 Å². The molecule has 2 aromatic heterocycles. The van der Waals surface area contributed by atoms with Crippen molar-refractivity contribution < 1.29 is 9.90 Å². The molecule has 3 aromatic rings. The molecule has 1 aliphatic rings. The van der Waals surface area contributed by atoms with Crippen LogP contribution in [0.15, 0.2) is 46.7 Å². The van der Waals surface area contributed by atoms with Crippen molar-refractivity contribution in [3.63, 3.8) is 0 Å². The van der Waals surface area contributed by atoms with Gasteiger partial charge in [0.05, 0.1) is 5.69 Å². The number of aryl methyl sites for hydroxylation is 1. The van der Waals surface area contributed by atoms with Crippen LogP contribution in [0.1, 0.15) is 17.7 Å². The maximum absolute atomic E-state index is 12.5. The molecular weight excluding hydrogens is 376 g/mol. The Morgan fingerprint density at radius 2 is 1.96 bits per heavy atom. The van der Waals surface area contributed by atoms with Gasteiger partial charge in [0.2, 0.25) is 5.91 Å². The number of aromatic hydroxyl groups is 1. The Hall–Kier alpha value is -2.71. The lowest BCUT2D eigenvalue weighted by atomic mass is 10.1. The van der Waals surface area contributed by atoms with Gasteiger partial charge in [-0.2, -0.15) is 0 Å². The molecule has 1 N–H and O–H groups in total. The van der Waals surface area contributed by atoms with Crippen LogP contribution in [0, 0.1) is 0 Å². The minimum Gasteiger partial charge on any atom is -0.508 e. The van der Waals surface area contributed by atoms with Gasteiger partial charge in [-0.3, -0.25) is 18.9 Å². The molecule has 1 saturated heterocycles. The molecule has 0 bridgehead atoms. The Bertz CT molecular complexity index is 1040. The molecule has 0 atom stereocenters. The standard InChI is InChI=1S/C20H22N4O3S/c25-17-4-2-1-3-15(17)5-6-18(26)23-9-7-22(8-10-23)14-16-13-19(27)24-11-12-28-20(24)21-16/h1-4,11-13,25H,5-10,14H2. The maximum Gasteiger partial charge on any atom is 0.258 e. The number of nitrogens with zero attached hydrogens (tertiary/aromatic N) is 4. The minimum absolute atomic E-state index is 0.0563. The summed E-state index contributed by atoms with van der Waals surface area (Å²) in [5.41, 5.74) is 1.52. The third-order valence-corrected chi connectivity index (χ3v) is 5.82. The smallest absolute Gasteiger partial charge is 0.258 e. The fourth-order valence-electron chi connectivity index (χ4n) is 3.48. The van der Waals surface area contributed by atoms with E-state index in [1.807, 2.05) is 22.4 Å². The number of hydrogen-bond donors (Lipinski definition) is 1. The topological polar surface area (TPSA) is 78.2 Å². The minimum atomic E-state index is -0.0563. The summed E-state index contributed by atoms with van der Waals surface area (Å²) >= 11 is 1.45. The second kappa shape index (κ2) is 8.12. The highest BCUT2D eigenvalue weighted by Gasteiger charge is 2.21. The summed E-state index contributed by atoms with van der Waals surface area (Å²) in [5.74, 6) is 0.352. The quantitative estimate of drug-likeness (QED) is 0.708. The van der Waals surface area contributed by atoms with E-state index in [1.54, 1.807) is 28.8 Å². The Morgan fingerprint density at radius 1 is 1.18 bits per heavy atom. The third-order valence-electron chi connectivity index (χ3n) is 5.07. The highest BCUT2D eigenvalue weighted by atomic mass is 32.1. The number of thiazole rings is 1. The SMILES string of the molecule is O=C(CCc1ccccc1O)N1CCN(Cc2cc(=O)n3ccsc3n2)CC1. The number of rotatable bonds is 5. The van der Waals surface area contributed by atoms with Crippen LogP contribution in [-0.2, 0) is 17.8 Å². The van der Waals surface area contributed by atoms with Gasteiger partial charge in [0.25, 0.3) is 5.56 Å². The molecule has 0 unspecified atom stereocenters. The largest absolute Gasteiger partial charge is 0.508 e. The summed E-state index contributed by atoms with van der Waals surface area (Å²) in [5, 5.41) is 11.7. The molecule has 146 valence electrons. The molecule has 0 aliphatic carbocycles. The van der Waals surface area contributed by atoms with E-state index in [9.17, 15) is 14.7 Å². The Balaban J connectivity index is 1.29. The summed E-state index contributed by atoms with van der Waals surface area (Å²) < 4.78 is 1.55. The van der Waals surface area contributed by atoms with Crippen LogP contribution >= 0.6 is 11.3 Å². The number of carbonyl (C=O) groups is 1. The van der Waals surface area contributed by atoms with Gasteiger partial charge in [0.15, 0.2) is 4.96 Å². The lowest BCUT2D eigenvalue weighted by Gasteiger charge is -2.34. The zero-order valence-electron chi connectivity index (χ0n) is 15.5. The van der Waals surface area contributed by atoms with Crippen LogP contribution in [0.2, 0.25) is 0 Å². The molecular formula is C20H22N4O3S. The van der Waals surface area contributed by atoms with Gasteiger partial charge in [-0.1, -0.05) is 18.2 Å². The molecule has 1 fully saturated rings. The Morgan fingerprint density at radius 3 is 2.75 bits per heavy atom. The number of fused-ring (bicyclic) bond motifs is 1. The summed E-state index contributed by atoms with van der Waals surface area (Å²) in [6.07, 6.45) is 2.67. The molecule has 3 heterocycles. The number of benzene rings is 1.